The summed E-state index contributed by atoms with van der Waals surface area (Å²) in [6.07, 6.45) is -4.78. The first-order chi connectivity index (χ1) is 9.27. The van der Waals surface area contributed by atoms with E-state index in [1.807, 2.05) is 0 Å². The Kier molecular flexibility index (Phi) is 3.62. The molecule has 0 bridgehead atoms. The maximum absolute atomic E-state index is 13.1. The molecule has 1 heterocycles. The van der Waals surface area contributed by atoms with Crippen molar-refractivity contribution in [1.82, 2.24) is 10.2 Å². The molecular weight excluding hydrogens is 280 g/mol. The molecule has 20 heavy (non-hydrogen) atoms. The third-order valence-electron chi connectivity index (χ3n) is 2.35. The van der Waals surface area contributed by atoms with E-state index in [1.165, 1.54) is 0 Å². The predicted octanol–water partition coefficient (Wildman–Crippen LogP) is 2.99. The van der Waals surface area contributed by atoms with Crippen molar-refractivity contribution in [2.24, 2.45) is 5.73 Å². The number of nitrogens with one attached hydrogen (secondary N) is 1. The van der Waals surface area contributed by atoms with Crippen molar-refractivity contribution in [1.29, 1.82) is 0 Å². The largest absolute Gasteiger partial charge is 0.419 e. The maximum atomic E-state index is 13.1. The van der Waals surface area contributed by atoms with Gasteiger partial charge in [0.1, 0.15) is 5.82 Å². The third-order valence-corrected chi connectivity index (χ3v) is 2.35. The van der Waals surface area contributed by atoms with E-state index in [1.54, 1.807) is 6.92 Å². The van der Waals surface area contributed by atoms with E-state index < -0.39 is 23.6 Å². The smallest absolute Gasteiger partial charge is 0.406 e. The van der Waals surface area contributed by atoms with Crippen molar-refractivity contribution < 1.29 is 22.0 Å². The van der Waals surface area contributed by atoms with Crippen LogP contribution in [0.25, 0.3) is 0 Å². The summed E-state index contributed by atoms with van der Waals surface area (Å²) in [4.78, 5) is 0. The number of alkyl halides is 3. The average molecular weight is 290 g/mol. The van der Waals surface area contributed by atoms with Crippen LogP contribution in [-0.4, -0.2) is 10.2 Å². The molecule has 2 aromatic rings. The average Bonchev–Trinajstić information content (AvgIpc) is 2.79. The molecule has 0 saturated carbocycles. The monoisotopic (exact) mass is 290 g/mol. The van der Waals surface area contributed by atoms with Crippen LogP contribution in [-0.2, 0) is 6.18 Å². The normalized spacial score (nSPS) is 13.3. The highest BCUT2D eigenvalue weighted by atomic mass is 19.4. The second-order valence-corrected chi connectivity index (χ2v) is 4.05. The van der Waals surface area contributed by atoms with Gasteiger partial charge in [0.15, 0.2) is 0 Å². The van der Waals surface area contributed by atoms with Gasteiger partial charge >= 0.3 is 12.2 Å². The molecule has 9 heteroatoms. The van der Waals surface area contributed by atoms with Gasteiger partial charge in [0, 0.05) is 5.69 Å². The van der Waals surface area contributed by atoms with E-state index in [2.05, 4.69) is 15.5 Å². The van der Waals surface area contributed by atoms with Gasteiger partial charge in [-0.05, 0) is 25.1 Å². The van der Waals surface area contributed by atoms with Crippen molar-refractivity contribution in [2.75, 3.05) is 5.32 Å². The number of anilines is 2. The molecule has 5 nitrogen and oxygen atoms in total. The van der Waals surface area contributed by atoms with Crippen molar-refractivity contribution in [3.8, 4) is 0 Å². The van der Waals surface area contributed by atoms with Gasteiger partial charge in [-0.2, -0.15) is 13.2 Å². The Bertz CT molecular complexity index is 609. The Hall–Kier alpha value is -2.16. The van der Waals surface area contributed by atoms with Crippen molar-refractivity contribution in [3.63, 3.8) is 0 Å². The number of nitrogens with zero attached hydrogens (tertiary/aromatic N) is 2. The van der Waals surface area contributed by atoms with Crippen LogP contribution in [0.4, 0.5) is 29.3 Å². The lowest BCUT2D eigenvalue weighted by molar-refractivity contribution is -0.139. The molecule has 0 radical (unpaired) electrons. The minimum Gasteiger partial charge on any atom is -0.406 e. The highest BCUT2D eigenvalue weighted by Gasteiger charge is 2.34. The summed E-state index contributed by atoms with van der Waals surface area (Å²) in [5, 5.41) is 9.62. The number of rotatable bonds is 3. The summed E-state index contributed by atoms with van der Waals surface area (Å²) in [5.41, 5.74) is 4.09. The van der Waals surface area contributed by atoms with Gasteiger partial charge in [-0.3, -0.25) is 0 Å². The van der Waals surface area contributed by atoms with Crippen LogP contribution in [0, 0.1) is 5.82 Å². The number of benzene rings is 1. The molecule has 2 rings (SSSR count). The van der Waals surface area contributed by atoms with Crippen LogP contribution in [0.3, 0.4) is 0 Å². The van der Waals surface area contributed by atoms with E-state index >= 15 is 0 Å². The third kappa shape index (κ3) is 3.05. The number of halogens is 4. The molecule has 0 aliphatic carbocycles. The lowest BCUT2D eigenvalue weighted by atomic mass is 10.2. The zero-order valence-corrected chi connectivity index (χ0v) is 10.2. The van der Waals surface area contributed by atoms with Gasteiger partial charge in [0.05, 0.1) is 11.6 Å². The van der Waals surface area contributed by atoms with E-state index in [-0.39, 0.29) is 17.6 Å². The molecule has 1 unspecified atom stereocenters. The summed E-state index contributed by atoms with van der Waals surface area (Å²) in [6.45, 7) is 1.61. The van der Waals surface area contributed by atoms with Gasteiger partial charge in [0.2, 0.25) is 5.89 Å². The van der Waals surface area contributed by atoms with Gasteiger partial charge in [-0.25, -0.2) is 4.39 Å². The van der Waals surface area contributed by atoms with Crippen molar-refractivity contribution >= 4 is 11.7 Å². The van der Waals surface area contributed by atoms with Crippen LogP contribution < -0.4 is 11.1 Å². The lowest BCUT2D eigenvalue weighted by Gasteiger charge is -2.09. The Morgan fingerprint density at radius 3 is 2.55 bits per heavy atom. The SMILES string of the molecule is CC(N)c1nnc(Nc2ccc(F)c(C(F)(F)F)c2)o1. The van der Waals surface area contributed by atoms with Crippen LogP contribution in [0.15, 0.2) is 22.6 Å². The molecule has 0 aliphatic rings. The Morgan fingerprint density at radius 2 is 2.00 bits per heavy atom. The molecule has 0 spiro atoms. The first-order valence-corrected chi connectivity index (χ1v) is 5.50. The van der Waals surface area contributed by atoms with E-state index in [0.29, 0.717) is 12.1 Å². The molecule has 1 aromatic carbocycles. The lowest BCUT2D eigenvalue weighted by Crippen LogP contribution is -2.08. The summed E-state index contributed by atoms with van der Waals surface area (Å²) < 4.78 is 55.8. The van der Waals surface area contributed by atoms with Crippen LogP contribution in [0.1, 0.15) is 24.4 Å². The van der Waals surface area contributed by atoms with E-state index in [9.17, 15) is 17.6 Å². The molecule has 0 saturated heterocycles. The van der Waals surface area contributed by atoms with Crippen LogP contribution >= 0.6 is 0 Å². The number of aromatic nitrogens is 2. The van der Waals surface area contributed by atoms with Gasteiger partial charge in [-0.15, -0.1) is 5.10 Å². The second-order valence-electron chi connectivity index (χ2n) is 4.05. The molecule has 3 N–H and O–H groups in total. The zero-order valence-electron chi connectivity index (χ0n) is 10.2. The van der Waals surface area contributed by atoms with Crippen molar-refractivity contribution in [3.05, 3.63) is 35.5 Å². The number of hydrogen-bond acceptors (Lipinski definition) is 5. The minimum atomic E-state index is -4.78. The molecule has 1 atom stereocenters. The first kappa shape index (κ1) is 14.3. The summed E-state index contributed by atoms with van der Waals surface area (Å²) >= 11 is 0. The minimum absolute atomic E-state index is 0.0291. The van der Waals surface area contributed by atoms with Crippen LogP contribution in [0.2, 0.25) is 0 Å². The predicted molar refractivity (Wildman–Crippen MR) is 61.6 cm³/mol. The Labute approximate surface area is 110 Å². The summed E-state index contributed by atoms with van der Waals surface area (Å²) in [6, 6.07) is 1.81. The quantitative estimate of drug-likeness (QED) is 0.850. The Balaban J connectivity index is 2.25. The van der Waals surface area contributed by atoms with E-state index in [0.717, 1.165) is 6.07 Å². The number of nitrogens with two attached hydrogens (primary N) is 1. The molecule has 1 aromatic heterocycles. The van der Waals surface area contributed by atoms with Gasteiger partial charge < -0.3 is 15.5 Å². The van der Waals surface area contributed by atoms with Crippen molar-refractivity contribution in [2.45, 2.75) is 19.1 Å². The standard InChI is InChI=1S/C11H10F4N4O/c1-5(16)9-18-19-10(20-9)17-6-2-3-8(12)7(4-6)11(13,14)15/h2-5H,16H2,1H3,(H,17,19). The topological polar surface area (TPSA) is 77.0 Å². The summed E-state index contributed by atoms with van der Waals surface area (Å²) in [7, 11) is 0. The fourth-order valence-corrected chi connectivity index (χ4v) is 1.41. The highest BCUT2D eigenvalue weighted by Crippen LogP contribution is 2.33. The van der Waals surface area contributed by atoms with Crippen LogP contribution in [0.5, 0.6) is 0 Å². The fourth-order valence-electron chi connectivity index (χ4n) is 1.41. The molecule has 108 valence electrons. The summed E-state index contributed by atoms with van der Waals surface area (Å²) in [5.74, 6) is -1.23. The molecule has 0 aliphatic heterocycles. The zero-order chi connectivity index (χ0) is 14.9. The highest BCUT2D eigenvalue weighted by molar-refractivity contribution is 5.53. The first-order valence-electron chi connectivity index (χ1n) is 5.50. The van der Waals surface area contributed by atoms with Gasteiger partial charge in [-0.1, -0.05) is 5.10 Å². The molecule has 0 fully saturated rings. The number of hydrogen-bond donors (Lipinski definition) is 2. The molecular formula is C11H10F4N4O. The fraction of sp³-hybridized carbons (Fsp3) is 0.273. The molecule has 0 amide bonds. The Morgan fingerprint density at radius 1 is 1.30 bits per heavy atom. The van der Waals surface area contributed by atoms with E-state index in [4.69, 9.17) is 10.2 Å². The van der Waals surface area contributed by atoms with Gasteiger partial charge in [0.25, 0.3) is 0 Å². The maximum Gasteiger partial charge on any atom is 0.419 e. The second kappa shape index (κ2) is 5.08.